The molecule has 94 valence electrons. The van der Waals surface area contributed by atoms with Gasteiger partial charge in [-0.3, -0.25) is 4.79 Å². The Bertz CT molecular complexity index is 584. The fourth-order valence-electron chi connectivity index (χ4n) is 2.57. The van der Waals surface area contributed by atoms with E-state index in [4.69, 9.17) is 0 Å². The lowest BCUT2D eigenvalue weighted by Crippen LogP contribution is -2.40. The first-order valence-corrected chi connectivity index (χ1v) is 7.09. The average molecular weight is 307 g/mol. The van der Waals surface area contributed by atoms with Crippen molar-refractivity contribution in [2.24, 2.45) is 0 Å². The Kier molecular flexibility index (Phi) is 3.22. The van der Waals surface area contributed by atoms with Gasteiger partial charge in [0.1, 0.15) is 0 Å². The normalized spacial score (nSPS) is 20.2. The molecule has 0 amide bonds. The molecule has 1 saturated heterocycles. The molecule has 2 N–H and O–H groups in total. The van der Waals surface area contributed by atoms with E-state index < -0.39 is 0 Å². The van der Waals surface area contributed by atoms with Gasteiger partial charge < -0.3 is 10.3 Å². The van der Waals surface area contributed by atoms with Crippen molar-refractivity contribution in [2.45, 2.75) is 25.3 Å². The molecule has 1 unspecified atom stereocenters. The number of carbonyl (C=O) groups is 1. The number of halogens is 1. The maximum absolute atomic E-state index is 12.5. The van der Waals surface area contributed by atoms with Crippen LogP contribution in [0.1, 0.15) is 29.6 Å². The van der Waals surface area contributed by atoms with Crippen LogP contribution in [0.5, 0.6) is 0 Å². The quantitative estimate of drug-likeness (QED) is 0.837. The molecule has 1 aliphatic rings. The van der Waals surface area contributed by atoms with Crippen molar-refractivity contribution in [3.63, 3.8) is 0 Å². The third kappa shape index (κ3) is 2.10. The molecular formula is C14H15BrN2O. The first-order valence-electron chi connectivity index (χ1n) is 6.30. The molecule has 3 rings (SSSR count). The Hall–Kier alpha value is -1.13. The first-order chi connectivity index (χ1) is 8.75. The number of H-pyrrole nitrogens is 1. The zero-order valence-electron chi connectivity index (χ0n) is 10.0. The monoisotopic (exact) mass is 306 g/mol. The van der Waals surface area contributed by atoms with E-state index >= 15 is 0 Å². The van der Waals surface area contributed by atoms with Gasteiger partial charge in [-0.2, -0.15) is 0 Å². The highest BCUT2D eigenvalue weighted by molar-refractivity contribution is 9.10. The number of ketones is 1. The van der Waals surface area contributed by atoms with Crippen molar-refractivity contribution in [2.75, 3.05) is 6.54 Å². The number of aromatic nitrogens is 1. The van der Waals surface area contributed by atoms with Crippen LogP contribution in [0.15, 0.2) is 28.9 Å². The van der Waals surface area contributed by atoms with Crippen LogP contribution in [0, 0.1) is 0 Å². The minimum Gasteiger partial charge on any atom is -0.360 e. The summed E-state index contributed by atoms with van der Waals surface area (Å²) in [5, 5.41) is 4.32. The number of hydrogen-bond acceptors (Lipinski definition) is 2. The molecule has 1 aromatic carbocycles. The van der Waals surface area contributed by atoms with E-state index in [1.54, 1.807) is 0 Å². The fraction of sp³-hybridized carbons (Fsp3) is 0.357. The summed E-state index contributed by atoms with van der Waals surface area (Å²) in [6.07, 6.45) is 5.08. The Morgan fingerprint density at radius 1 is 1.33 bits per heavy atom. The van der Waals surface area contributed by atoms with Crippen LogP contribution in [0.4, 0.5) is 0 Å². The SMILES string of the molecule is O=C(c1c[nH]c2cc(Br)ccc12)C1CCCCN1. The minimum atomic E-state index is -0.0126. The van der Waals surface area contributed by atoms with Gasteiger partial charge in [0.2, 0.25) is 0 Å². The number of aromatic amines is 1. The number of Topliss-reactive ketones (excluding diaryl/α,β-unsaturated/α-hetero) is 1. The summed E-state index contributed by atoms with van der Waals surface area (Å²) in [5.74, 6) is 0.211. The lowest BCUT2D eigenvalue weighted by atomic mass is 9.96. The third-order valence-electron chi connectivity index (χ3n) is 3.54. The van der Waals surface area contributed by atoms with E-state index in [0.717, 1.165) is 40.3 Å². The second-order valence-corrected chi connectivity index (χ2v) is 5.67. The number of hydrogen-bond donors (Lipinski definition) is 2. The zero-order valence-corrected chi connectivity index (χ0v) is 11.6. The maximum Gasteiger partial charge on any atom is 0.181 e. The van der Waals surface area contributed by atoms with Crippen molar-refractivity contribution in [1.82, 2.24) is 10.3 Å². The fourth-order valence-corrected chi connectivity index (χ4v) is 2.93. The molecule has 3 nitrogen and oxygen atoms in total. The van der Waals surface area contributed by atoms with E-state index in [1.807, 2.05) is 24.4 Å². The van der Waals surface area contributed by atoms with Crippen molar-refractivity contribution < 1.29 is 4.79 Å². The van der Waals surface area contributed by atoms with Gasteiger partial charge in [-0.25, -0.2) is 0 Å². The second-order valence-electron chi connectivity index (χ2n) is 4.76. The Labute approximate surface area is 114 Å². The van der Waals surface area contributed by atoms with Crippen molar-refractivity contribution in [3.8, 4) is 0 Å². The molecule has 1 atom stereocenters. The summed E-state index contributed by atoms with van der Waals surface area (Å²) in [6.45, 7) is 0.949. The summed E-state index contributed by atoms with van der Waals surface area (Å²) >= 11 is 3.44. The lowest BCUT2D eigenvalue weighted by Gasteiger charge is -2.21. The largest absolute Gasteiger partial charge is 0.360 e. The number of nitrogens with one attached hydrogen (secondary N) is 2. The van der Waals surface area contributed by atoms with E-state index in [-0.39, 0.29) is 11.8 Å². The molecule has 18 heavy (non-hydrogen) atoms. The number of carbonyl (C=O) groups excluding carboxylic acids is 1. The predicted octanol–water partition coefficient (Wildman–Crippen LogP) is 3.26. The predicted molar refractivity (Wildman–Crippen MR) is 76.0 cm³/mol. The summed E-state index contributed by atoms with van der Waals surface area (Å²) in [5.41, 5.74) is 1.81. The Morgan fingerprint density at radius 2 is 2.22 bits per heavy atom. The van der Waals surface area contributed by atoms with Gasteiger partial charge in [0, 0.05) is 27.1 Å². The topological polar surface area (TPSA) is 44.9 Å². The molecule has 2 aromatic rings. The van der Waals surface area contributed by atoms with Crippen LogP contribution in [0.2, 0.25) is 0 Å². The van der Waals surface area contributed by atoms with Gasteiger partial charge in [0.25, 0.3) is 0 Å². The van der Waals surface area contributed by atoms with Crippen LogP contribution >= 0.6 is 15.9 Å². The maximum atomic E-state index is 12.5. The van der Waals surface area contributed by atoms with Crippen molar-refractivity contribution in [3.05, 3.63) is 34.4 Å². The summed E-state index contributed by atoms with van der Waals surface area (Å²) in [6, 6.07) is 5.95. The van der Waals surface area contributed by atoms with Gasteiger partial charge in [-0.1, -0.05) is 28.4 Å². The smallest absolute Gasteiger partial charge is 0.181 e. The van der Waals surface area contributed by atoms with Gasteiger partial charge in [0.05, 0.1) is 6.04 Å². The molecule has 1 aliphatic heterocycles. The molecular weight excluding hydrogens is 292 g/mol. The number of benzene rings is 1. The minimum absolute atomic E-state index is 0.0126. The van der Waals surface area contributed by atoms with Gasteiger partial charge in [-0.05, 0) is 31.5 Å². The molecule has 2 heterocycles. The second kappa shape index (κ2) is 4.86. The summed E-state index contributed by atoms with van der Waals surface area (Å²) < 4.78 is 1.02. The lowest BCUT2D eigenvalue weighted by molar-refractivity contribution is 0.0929. The highest BCUT2D eigenvalue weighted by Crippen LogP contribution is 2.24. The molecule has 0 radical (unpaired) electrons. The summed E-state index contributed by atoms with van der Waals surface area (Å²) in [4.78, 5) is 15.6. The molecule has 0 bridgehead atoms. The van der Waals surface area contributed by atoms with Crippen LogP contribution in [0.25, 0.3) is 10.9 Å². The van der Waals surface area contributed by atoms with E-state index in [9.17, 15) is 4.79 Å². The van der Waals surface area contributed by atoms with Crippen molar-refractivity contribution in [1.29, 1.82) is 0 Å². The van der Waals surface area contributed by atoms with Gasteiger partial charge in [-0.15, -0.1) is 0 Å². The Balaban J connectivity index is 1.96. The van der Waals surface area contributed by atoms with Crippen LogP contribution in [0.3, 0.4) is 0 Å². The standard InChI is InChI=1S/C14H15BrN2O/c15-9-4-5-10-11(8-17-13(10)7-9)14(18)12-3-1-2-6-16-12/h4-5,7-8,12,16-17H,1-3,6H2. The van der Waals surface area contributed by atoms with Crippen molar-refractivity contribution >= 4 is 32.6 Å². The van der Waals surface area contributed by atoms with Gasteiger partial charge in [0.15, 0.2) is 5.78 Å². The highest BCUT2D eigenvalue weighted by Gasteiger charge is 2.23. The van der Waals surface area contributed by atoms with Crippen LogP contribution in [-0.4, -0.2) is 23.4 Å². The van der Waals surface area contributed by atoms with Crippen LogP contribution < -0.4 is 5.32 Å². The Morgan fingerprint density at radius 3 is 3.00 bits per heavy atom. The third-order valence-corrected chi connectivity index (χ3v) is 4.03. The number of rotatable bonds is 2. The molecule has 0 aliphatic carbocycles. The molecule has 4 heteroatoms. The number of fused-ring (bicyclic) bond motifs is 1. The molecule has 1 aromatic heterocycles. The molecule has 0 saturated carbocycles. The van der Waals surface area contributed by atoms with Gasteiger partial charge >= 0.3 is 0 Å². The van der Waals surface area contributed by atoms with E-state index in [0.29, 0.717) is 0 Å². The summed E-state index contributed by atoms with van der Waals surface area (Å²) in [7, 11) is 0. The number of piperidine rings is 1. The van der Waals surface area contributed by atoms with Crippen LogP contribution in [-0.2, 0) is 0 Å². The molecule has 0 spiro atoms. The van der Waals surface area contributed by atoms with E-state index in [2.05, 4.69) is 26.2 Å². The first kappa shape index (κ1) is 11.9. The van der Waals surface area contributed by atoms with E-state index in [1.165, 1.54) is 6.42 Å². The average Bonchev–Trinajstić information content (AvgIpc) is 2.81. The zero-order chi connectivity index (χ0) is 12.5. The highest BCUT2D eigenvalue weighted by atomic mass is 79.9. The molecule has 1 fully saturated rings.